The predicted molar refractivity (Wildman–Crippen MR) is 127 cm³/mol. The van der Waals surface area contributed by atoms with Gasteiger partial charge in [-0.15, -0.1) is 11.3 Å². The van der Waals surface area contributed by atoms with Crippen molar-refractivity contribution in [3.8, 4) is 11.1 Å². The first-order chi connectivity index (χ1) is 15.4. The minimum Gasteiger partial charge on any atom is -0.334 e. The molecule has 1 aliphatic carbocycles. The highest BCUT2D eigenvalue weighted by molar-refractivity contribution is 7.90. The van der Waals surface area contributed by atoms with Crippen LogP contribution in [0.3, 0.4) is 0 Å². The topological polar surface area (TPSA) is 67.3 Å². The number of benzene rings is 1. The second-order valence-corrected chi connectivity index (χ2v) is 11.0. The molecule has 0 bridgehead atoms. The summed E-state index contributed by atoms with van der Waals surface area (Å²) in [5.41, 5.74) is 6.52. The standard InChI is InChI=1S/C25H22N2O3S2/c1-32(29,30)20-6-4-17(5-7-20)19-15-22-21(8-9-23(22)26-16-19)18-10-12-27(13-11-18)25(28)24-3-2-14-31-24/h2-8,10,14-16H,9,11-13H2,1H3. The summed E-state index contributed by atoms with van der Waals surface area (Å²) < 4.78 is 23.5. The molecule has 5 nitrogen and oxygen atoms in total. The molecule has 3 aromatic rings. The summed E-state index contributed by atoms with van der Waals surface area (Å²) in [5.74, 6) is 0.0950. The van der Waals surface area contributed by atoms with Gasteiger partial charge in [-0.3, -0.25) is 9.78 Å². The molecular weight excluding hydrogens is 440 g/mol. The zero-order chi connectivity index (χ0) is 22.3. The fraction of sp³-hybridized carbons (Fsp3) is 0.200. The Morgan fingerprint density at radius 2 is 1.91 bits per heavy atom. The molecule has 0 spiro atoms. The van der Waals surface area contributed by atoms with Crippen molar-refractivity contribution in [2.24, 2.45) is 0 Å². The molecule has 0 radical (unpaired) electrons. The van der Waals surface area contributed by atoms with Crippen LogP contribution in [-0.2, 0) is 16.3 Å². The van der Waals surface area contributed by atoms with Crippen molar-refractivity contribution in [3.63, 3.8) is 0 Å². The fourth-order valence-electron chi connectivity index (χ4n) is 4.21. The molecule has 32 heavy (non-hydrogen) atoms. The molecule has 2 aliphatic rings. The highest BCUT2D eigenvalue weighted by Gasteiger charge is 2.24. The van der Waals surface area contributed by atoms with E-state index in [4.69, 9.17) is 0 Å². The van der Waals surface area contributed by atoms with E-state index < -0.39 is 9.84 Å². The molecule has 1 aliphatic heterocycles. The molecule has 0 saturated carbocycles. The molecule has 3 heterocycles. The number of allylic oxidation sites excluding steroid dienone is 2. The second kappa shape index (κ2) is 8.15. The van der Waals surface area contributed by atoms with Gasteiger partial charge in [0.1, 0.15) is 0 Å². The molecule has 1 aromatic carbocycles. The molecule has 7 heteroatoms. The van der Waals surface area contributed by atoms with Crippen LogP contribution in [0.4, 0.5) is 0 Å². The Morgan fingerprint density at radius 3 is 2.56 bits per heavy atom. The average molecular weight is 463 g/mol. The van der Waals surface area contributed by atoms with Crippen LogP contribution in [-0.4, -0.2) is 43.6 Å². The van der Waals surface area contributed by atoms with Crippen molar-refractivity contribution in [1.29, 1.82) is 0 Å². The fourth-order valence-corrected chi connectivity index (χ4v) is 5.53. The summed E-state index contributed by atoms with van der Waals surface area (Å²) in [5, 5.41) is 1.93. The Bertz CT molecular complexity index is 1350. The van der Waals surface area contributed by atoms with Crippen LogP contribution in [0.25, 0.3) is 16.7 Å². The van der Waals surface area contributed by atoms with Crippen LogP contribution < -0.4 is 0 Å². The zero-order valence-corrected chi connectivity index (χ0v) is 19.2. The summed E-state index contributed by atoms with van der Waals surface area (Å²) in [6.45, 7) is 1.31. The molecule has 0 N–H and O–H groups in total. The van der Waals surface area contributed by atoms with Crippen molar-refractivity contribution < 1.29 is 13.2 Å². The van der Waals surface area contributed by atoms with Crippen LogP contribution in [0.1, 0.15) is 27.3 Å². The Balaban J connectivity index is 1.38. The van der Waals surface area contributed by atoms with E-state index in [2.05, 4.69) is 23.2 Å². The van der Waals surface area contributed by atoms with Gasteiger partial charge in [0.25, 0.3) is 5.91 Å². The third-order valence-corrected chi connectivity index (χ3v) is 7.94. The number of nitrogens with zero attached hydrogens (tertiary/aromatic N) is 2. The first-order valence-corrected chi connectivity index (χ1v) is 13.2. The molecular formula is C25H22N2O3S2. The lowest BCUT2D eigenvalue weighted by Crippen LogP contribution is -2.34. The number of thiophene rings is 1. The quantitative estimate of drug-likeness (QED) is 0.567. The van der Waals surface area contributed by atoms with E-state index >= 15 is 0 Å². The number of rotatable bonds is 4. The lowest BCUT2D eigenvalue weighted by atomic mass is 9.94. The van der Waals surface area contributed by atoms with E-state index in [9.17, 15) is 13.2 Å². The zero-order valence-electron chi connectivity index (χ0n) is 17.6. The lowest BCUT2D eigenvalue weighted by Gasteiger charge is -2.27. The highest BCUT2D eigenvalue weighted by atomic mass is 32.2. The van der Waals surface area contributed by atoms with E-state index in [1.54, 1.807) is 12.1 Å². The number of aromatic nitrogens is 1. The van der Waals surface area contributed by atoms with Crippen molar-refractivity contribution >= 4 is 32.7 Å². The average Bonchev–Trinajstić information content (AvgIpc) is 3.48. The van der Waals surface area contributed by atoms with E-state index in [0.717, 1.165) is 40.1 Å². The van der Waals surface area contributed by atoms with Crippen molar-refractivity contribution in [2.75, 3.05) is 19.3 Å². The van der Waals surface area contributed by atoms with Gasteiger partial charge in [-0.05, 0) is 52.8 Å². The van der Waals surface area contributed by atoms with Gasteiger partial charge in [-0.25, -0.2) is 8.42 Å². The minimum atomic E-state index is -3.22. The minimum absolute atomic E-state index is 0.0950. The van der Waals surface area contributed by atoms with E-state index in [1.165, 1.54) is 28.7 Å². The number of pyridine rings is 1. The van der Waals surface area contributed by atoms with Crippen LogP contribution >= 0.6 is 11.3 Å². The first-order valence-electron chi connectivity index (χ1n) is 10.4. The summed E-state index contributed by atoms with van der Waals surface area (Å²) in [6.07, 6.45) is 9.05. The normalized spacial score (nSPS) is 15.8. The van der Waals surface area contributed by atoms with Gasteiger partial charge in [0.15, 0.2) is 9.84 Å². The maximum Gasteiger partial charge on any atom is 0.264 e. The molecule has 0 atom stereocenters. The third-order valence-electron chi connectivity index (χ3n) is 5.95. The number of carbonyl (C=O) groups excluding carboxylic acids is 1. The lowest BCUT2D eigenvalue weighted by molar-refractivity contribution is 0.0774. The van der Waals surface area contributed by atoms with Crippen LogP contribution in [0.5, 0.6) is 0 Å². The number of hydrogen-bond donors (Lipinski definition) is 0. The van der Waals surface area contributed by atoms with Crippen molar-refractivity contribution in [1.82, 2.24) is 9.88 Å². The third kappa shape index (κ3) is 3.94. The van der Waals surface area contributed by atoms with Crippen LogP contribution in [0.15, 0.2) is 76.7 Å². The number of sulfone groups is 1. The van der Waals surface area contributed by atoms with E-state index in [-0.39, 0.29) is 5.91 Å². The summed E-state index contributed by atoms with van der Waals surface area (Å²) in [6, 6.07) is 12.8. The molecule has 0 fully saturated rings. The van der Waals surface area contributed by atoms with Gasteiger partial charge in [-0.2, -0.15) is 0 Å². The molecule has 0 saturated heterocycles. The largest absolute Gasteiger partial charge is 0.334 e. The predicted octanol–water partition coefficient (Wildman–Crippen LogP) is 4.63. The molecule has 2 aromatic heterocycles. The Hall–Kier alpha value is -3.03. The van der Waals surface area contributed by atoms with Crippen molar-refractivity contribution in [3.05, 3.63) is 87.9 Å². The number of hydrogen-bond acceptors (Lipinski definition) is 5. The molecule has 1 amide bonds. The number of carbonyl (C=O) groups is 1. The smallest absolute Gasteiger partial charge is 0.264 e. The molecule has 162 valence electrons. The summed E-state index contributed by atoms with van der Waals surface area (Å²) in [4.78, 5) is 20.3. The first kappa shape index (κ1) is 20.8. The van der Waals surface area contributed by atoms with Gasteiger partial charge in [0.05, 0.1) is 15.5 Å². The summed E-state index contributed by atoms with van der Waals surface area (Å²) >= 11 is 1.48. The van der Waals surface area contributed by atoms with Crippen LogP contribution in [0.2, 0.25) is 0 Å². The maximum absolute atomic E-state index is 12.6. The Kier molecular flexibility index (Phi) is 5.31. The van der Waals surface area contributed by atoms with Crippen LogP contribution in [0, 0.1) is 0 Å². The Labute approximate surface area is 191 Å². The van der Waals surface area contributed by atoms with E-state index in [0.29, 0.717) is 18.0 Å². The SMILES string of the molecule is CS(=O)(=O)c1ccc(-c2cnc3c(c2)C(C2=CCN(C(=O)c4cccs4)CC2)=CC3)cc1. The second-order valence-electron chi connectivity index (χ2n) is 8.04. The maximum atomic E-state index is 12.6. The van der Waals surface area contributed by atoms with Gasteiger partial charge in [0.2, 0.25) is 0 Å². The van der Waals surface area contributed by atoms with Gasteiger partial charge in [0, 0.05) is 43.1 Å². The molecule has 0 unspecified atom stereocenters. The molecule has 5 rings (SSSR count). The summed E-state index contributed by atoms with van der Waals surface area (Å²) in [7, 11) is -3.22. The Morgan fingerprint density at radius 1 is 1.09 bits per heavy atom. The van der Waals surface area contributed by atoms with Gasteiger partial charge in [-0.1, -0.05) is 30.4 Å². The highest BCUT2D eigenvalue weighted by Crippen LogP contribution is 2.37. The van der Waals surface area contributed by atoms with E-state index in [1.807, 2.05) is 40.7 Å². The number of fused-ring (bicyclic) bond motifs is 1. The van der Waals surface area contributed by atoms with Gasteiger partial charge >= 0.3 is 0 Å². The number of amides is 1. The van der Waals surface area contributed by atoms with Crippen molar-refractivity contribution in [2.45, 2.75) is 17.7 Å². The monoisotopic (exact) mass is 462 g/mol. The van der Waals surface area contributed by atoms with Gasteiger partial charge < -0.3 is 4.90 Å².